The van der Waals surface area contributed by atoms with E-state index in [9.17, 15) is 18.6 Å². The molecule has 2 aliphatic heterocycles. The predicted octanol–water partition coefficient (Wildman–Crippen LogP) is 6.44. The number of aromatic nitrogens is 1. The molecule has 0 spiro atoms. The zero-order chi connectivity index (χ0) is 37.1. The number of hydrogen-bond donors (Lipinski definition) is 0. The number of rotatable bonds is 11. The minimum absolute atomic E-state index is 0.000997. The van der Waals surface area contributed by atoms with Gasteiger partial charge in [0.2, 0.25) is 5.91 Å². The Morgan fingerprint density at radius 3 is 2.26 bits per heavy atom. The molecule has 0 bridgehead atoms. The summed E-state index contributed by atoms with van der Waals surface area (Å²) >= 11 is 0. The van der Waals surface area contributed by atoms with Crippen LogP contribution in [0.3, 0.4) is 0 Å². The fourth-order valence-electron chi connectivity index (χ4n) is 8.24. The van der Waals surface area contributed by atoms with Gasteiger partial charge in [0.25, 0.3) is 0 Å². The molecule has 1 atom stereocenters. The molecule has 280 valence electrons. The monoisotopic (exact) mass is 740 g/mol. The van der Waals surface area contributed by atoms with Gasteiger partial charge in [0.05, 0.1) is 42.0 Å². The standard InChI is InChI=1S/C41H48N4O7S/c1-50-38(47)26-45-36-25-30(41(48)51-2)13-17-34(36)39(28-8-5-4-6-9-28)40(45)29-11-15-33(16-12-29)52-27-31-24-32(44-19-7-10-37(44)46)14-18-35(31)42-20-22-43(23-21-42)53(3)49/h11-18,24-25,28H,4-10,19-23,26-27H2,1-3H3. The van der Waals surface area contributed by atoms with Crippen LogP contribution in [-0.2, 0) is 43.2 Å². The van der Waals surface area contributed by atoms with Gasteiger partial charge in [0.15, 0.2) is 0 Å². The summed E-state index contributed by atoms with van der Waals surface area (Å²) in [5.41, 5.74) is 7.22. The van der Waals surface area contributed by atoms with Crippen LogP contribution in [0.1, 0.15) is 72.3 Å². The maximum Gasteiger partial charge on any atom is 0.337 e. The van der Waals surface area contributed by atoms with E-state index in [2.05, 4.69) is 17.0 Å². The van der Waals surface area contributed by atoms with Crippen molar-refractivity contribution >= 4 is 51.1 Å². The van der Waals surface area contributed by atoms with Crippen molar-refractivity contribution in [2.45, 2.75) is 64.0 Å². The average Bonchev–Trinajstić information content (AvgIpc) is 3.77. The van der Waals surface area contributed by atoms with Crippen LogP contribution in [0, 0.1) is 0 Å². The highest BCUT2D eigenvalue weighted by Gasteiger charge is 2.29. The smallest absolute Gasteiger partial charge is 0.337 e. The third-order valence-corrected chi connectivity index (χ3v) is 12.1. The molecule has 1 aromatic heterocycles. The van der Waals surface area contributed by atoms with Crippen molar-refractivity contribution in [3.05, 3.63) is 77.4 Å². The van der Waals surface area contributed by atoms with Crippen LogP contribution >= 0.6 is 0 Å². The summed E-state index contributed by atoms with van der Waals surface area (Å²) in [5.74, 6) is 0.335. The van der Waals surface area contributed by atoms with Crippen molar-refractivity contribution in [1.29, 1.82) is 0 Å². The van der Waals surface area contributed by atoms with E-state index >= 15 is 0 Å². The molecule has 3 aliphatic rings. The van der Waals surface area contributed by atoms with E-state index in [0.29, 0.717) is 49.9 Å². The summed E-state index contributed by atoms with van der Waals surface area (Å²) < 4.78 is 32.7. The largest absolute Gasteiger partial charge is 0.489 e. The summed E-state index contributed by atoms with van der Waals surface area (Å²) in [6.45, 7) is 3.91. The van der Waals surface area contributed by atoms with E-state index in [1.807, 2.05) is 56.2 Å². The zero-order valence-corrected chi connectivity index (χ0v) is 31.6. The van der Waals surface area contributed by atoms with Crippen molar-refractivity contribution < 1.29 is 32.8 Å². The molecule has 0 radical (unpaired) electrons. The number of nitrogens with zero attached hydrogens (tertiary/aromatic N) is 4. The number of carbonyl (C=O) groups excluding carboxylic acids is 3. The molecule has 3 aromatic carbocycles. The molecule has 12 heteroatoms. The second-order valence-corrected chi connectivity index (χ2v) is 15.5. The van der Waals surface area contributed by atoms with Gasteiger partial charge in [-0.3, -0.25) is 9.59 Å². The molecule has 3 fully saturated rings. The topological polar surface area (TPSA) is 111 Å². The van der Waals surface area contributed by atoms with E-state index < -0.39 is 17.0 Å². The Morgan fingerprint density at radius 2 is 1.60 bits per heavy atom. The van der Waals surface area contributed by atoms with Crippen LogP contribution in [0.25, 0.3) is 22.2 Å². The third-order valence-electron chi connectivity index (χ3n) is 11.0. The molecule has 1 saturated carbocycles. The van der Waals surface area contributed by atoms with Crippen molar-refractivity contribution in [2.75, 3.05) is 63.0 Å². The second kappa shape index (κ2) is 16.1. The maximum absolute atomic E-state index is 12.9. The number of ether oxygens (including phenoxy) is 3. The quantitative estimate of drug-likeness (QED) is 0.162. The first-order chi connectivity index (χ1) is 25.7. The summed E-state index contributed by atoms with van der Waals surface area (Å²) in [7, 11) is 1.75. The Balaban J connectivity index is 1.22. The predicted molar refractivity (Wildman–Crippen MR) is 207 cm³/mol. The number of methoxy groups -OCH3 is 2. The minimum atomic E-state index is -1.00. The van der Waals surface area contributed by atoms with Crippen molar-refractivity contribution in [2.24, 2.45) is 0 Å². The van der Waals surface area contributed by atoms with Gasteiger partial charge in [-0.1, -0.05) is 25.3 Å². The van der Waals surface area contributed by atoms with E-state index in [1.54, 1.807) is 12.3 Å². The molecule has 7 rings (SSSR count). The summed E-state index contributed by atoms with van der Waals surface area (Å²) in [6.07, 6.45) is 8.73. The number of piperazine rings is 1. The van der Waals surface area contributed by atoms with Crippen molar-refractivity contribution in [3.63, 3.8) is 0 Å². The van der Waals surface area contributed by atoms with Crippen LogP contribution in [0.2, 0.25) is 0 Å². The molecule has 1 amide bonds. The van der Waals surface area contributed by atoms with Crippen molar-refractivity contribution in [1.82, 2.24) is 8.87 Å². The van der Waals surface area contributed by atoms with Crippen LogP contribution in [0.15, 0.2) is 60.7 Å². The van der Waals surface area contributed by atoms with E-state index in [1.165, 1.54) is 26.2 Å². The van der Waals surface area contributed by atoms with Gasteiger partial charge in [-0.2, -0.15) is 0 Å². The number of anilines is 2. The number of benzene rings is 3. The fraction of sp³-hybridized carbons (Fsp3) is 0.439. The Kier molecular flexibility index (Phi) is 11.2. The Bertz CT molecular complexity index is 2010. The van der Waals surface area contributed by atoms with Gasteiger partial charge >= 0.3 is 11.9 Å². The average molecular weight is 741 g/mol. The number of fused-ring (bicyclic) bond motifs is 1. The lowest BCUT2D eigenvalue weighted by Gasteiger charge is -2.36. The summed E-state index contributed by atoms with van der Waals surface area (Å²) in [4.78, 5) is 42.3. The van der Waals surface area contributed by atoms with Gasteiger partial charge in [-0.05, 0) is 90.9 Å². The van der Waals surface area contributed by atoms with Crippen molar-refractivity contribution in [3.8, 4) is 17.0 Å². The Hall–Kier alpha value is -4.68. The normalized spacial score (nSPS) is 17.7. The van der Waals surface area contributed by atoms with E-state index in [-0.39, 0.29) is 18.4 Å². The lowest BCUT2D eigenvalue weighted by Crippen LogP contribution is -2.47. The molecule has 3 heterocycles. The Labute approximate surface area is 313 Å². The maximum atomic E-state index is 12.9. The molecular weight excluding hydrogens is 693 g/mol. The molecule has 2 saturated heterocycles. The van der Waals surface area contributed by atoms with E-state index in [4.69, 9.17) is 14.2 Å². The number of hydrogen-bond acceptors (Lipinski definition) is 8. The van der Waals surface area contributed by atoms with E-state index in [0.717, 1.165) is 84.3 Å². The molecular formula is C41H48N4O7S. The molecule has 1 aliphatic carbocycles. The number of carbonyl (C=O) groups is 3. The Morgan fingerprint density at radius 1 is 0.849 bits per heavy atom. The highest BCUT2D eigenvalue weighted by atomic mass is 32.2. The van der Waals surface area contributed by atoms with Gasteiger partial charge in [-0.15, -0.1) is 0 Å². The van der Waals surface area contributed by atoms with Crippen LogP contribution < -0.4 is 14.5 Å². The molecule has 53 heavy (non-hydrogen) atoms. The first-order valence-electron chi connectivity index (χ1n) is 18.6. The van der Waals surface area contributed by atoms with Gasteiger partial charge in [0.1, 0.15) is 18.9 Å². The SMILES string of the molecule is COC(=O)Cn1c(-c2ccc(OCc3cc(N4CCCC4=O)ccc3N3CCN(S(C)=O)CC3)cc2)c(C2CCCCC2)c2ccc(C(=O)OC)cc21. The highest BCUT2D eigenvalue weighted by molar-refractivity contribution is 7.81. The van der Waals surface area contributed by atoms with Crippen LogP contribution in [0.5, 0.6) is 5.75 Å². The fourth-order valence-corrected chi connectivity index (χ4v) is 8.91. The number of esters is 2. The lowest BCUT2D eigenvalue weighted by atomic mass is 9.82. The summed E-state index contributed by atoms with van der Waals surface area (Å²) in [6, 6.07) is 19.8. The third kappa shape index (κ3) is 7.70. The lowest BCUT2D eigenvalue weighted by molar-refractivity contribution is -0.141. The van der Waals surface area contributed by atoms with Gasteiger partial charge in [0, 0.05) is 67.7 Å². The van der Waals surface area contributed by atoms with Gasteiger partial charge in [-0.25, -0.2) is 13.3 Å². The molecule has 4 aromatic rings. The molecule has 1 unspecified atom stereocenters. The number of amides is 1. The van der Waals surface area contributed by atoms with Crippen LogP contribution in [-0.4, -0.2) is 84.1 Å². The zero-order valence-electron chi connectivity index (χ0n) is 30.8. The first-order valence-corrected chi connectivity index (χ1v) is 20.1. The highest BCUT2D eigenvalue weighted by Crippen LogP contribution is 2.45. The minimum Gasteiger partial charge on any atom is -0.489 e. The molecule has 0 N–H and O–H groups in total. The molecule has 11 nitrogen and oxygen atoms in total. The summed E-state index contributed by atoms with van der Waals surface area (Å²) in [5, 5.41) is 1.03. The van der Waals surface area contributed by atoms with Crippen LogP contribution in [0.4, 0.5) is 11.4 Å². The first kappa shape index (κ1) is 36.7. The van der Waals surface area contributed by atoms with Gasteiger partial charge < -0.3 is 28.6 Å². The second-order valence-electron chi connectivity index (χ2n) is 14.1.